The van der Waals surface area contributed by atoms with Gasteiger partial charge in [0, 0.05) is 51.3 Å². The Kier molecular flexibility index (Phi) is 6.78. The van der Waals surface area contributed by atoms with Crippen molar-refractivity contribution in [3.8, 4) is 17.5 Å². The number of anilines is 1. The van der Waals surface area contributed by atoms with Crippen LogP contribution in [0.15, 0.2) is 22.8 Å². The van der Waals surface area contributed by atoms with E-state index < -0.39 is 0 Å². The highest BCUT2D eigenvalue weighted by Gasteiger charge is 2.34. The first-order valence-electron chi connectivity index (χ1n) is 12.4. The number of aromatic nitrogens is 1. The first-order chi connectivity index (χ1) is 16.9. The van der Waals surface area contributed by atoms with Crippen LogP contribution in [0.5, 0.6) is 0 Å². The lowest BCUT2D eigenvalue weighted by molar-refractivity contribution is -0.122. The normalized spacial score (nSPS) is 22.0. The number of nitrogens with zero attached hydrogens (tertiary/aromatic N) is 4. The Hall–Kier alpha value is -2.93. The van der Waals surface area contributed by atoms with Crippen LogP contribution in [0.3, 0.4) is 0 Å². The van der Waals surface area contributed by atoms with Crippen molar-refractivity contribution in [3.63, 3.8) is 0 Å². The van der Waals surface area contributed by atoms with Crippen LogP contribution in [0, 0.1) is 11.3 Å². The van der Waals surface area contributed by atoms with Gasteiger partial charge in [-0.25, -0.2) is 4.98 Å². The van der Waals surface area contributed by atoms with Crippen molar-refractivity contribution in [1.82, 2.24) is 15.2 Å². The van der Waals surface area contributed by atoms with E-state index in [1.165, 1.54) is 0 Å². The molecule has 0 unspecified atom stereocenters. The molecule has 9 nitrogen and oxygen atoms in total. The van der Waals surface area contributed by atoms with Gasteiger partial charge < -0.3 is 24.1 Å². The van der Waals surface area contributed by atoms with Crippen molar-refractivity contribution in [2.45, 2.75) is 51.4 Å². The molecule has 0 aromatic carbocycles. The molecule has 2 aromatic heterocycles. The molecular weight excluding hydrogens is 446 g/mol. The Balaban J connectivity index is 1.31. The van der Waals surface area contributed by atoms with Gasteiger partial charge in [-0.1, -0.05) is 0 Å². The first-order valence-corrected chi connectivity index (χ1v) is 12.4. The molecule has 2 fully saturated rings. The number of carbonyl (C=O) groups is 1. The van der Waals surface area contributed by atoms with Gasteiger partial charge in [-0.3, -0.25) is 9.69 Å². The molecule has 1 atom stereocenters. The molecule has 35 heavy (non-hydrogen) atoms. The number of carbonyl (C=O) groups excluding carboxylic acids is 1. The fraction of sp³-hybridized carbons (Fsp3) is 0.577. The zero-order chi connectivity index (χ0) is 24.4. The molecule has 3 aliphatic heterocycles. The third kappa shape index (κ3) is 5.20. The van der Waals surface area contributed by atoms with E-state index in [-0.39, 0.29) is 17.6 Å². The topological polar surface area (TPSA) is 104 Å². The van der Waals surface area contributed by atoms with Crippen LogP contribution in [0.25, 0.3) is 11.5 Å². The lowest BCUT2D eigenvalue weighted by Crippen LogP contribution is -2.50. The maximum atomic E-state index is 12.4. The van der Waals surface area contributed by atoms with Crippen LogP contribution >= 0.6 is 0 Å². The van der Waals surface area contributed by atoms with E-state index in [1.54, 1.807) is 6.26 Å². The number of fused-ring (bicyclic) bond motifs is 1. The third-order valence-electron chi connectivity index (χ3n) is 7.06. The van der Waals surface area contributed by atoms with Crippen LogP contribution in [0.1, 0.15) is 43.4 Å². The van der Waals surface area contributed by atoms with Crippen molar-refractivity contribution in [2.75, 3.05) is 50.8 Å². The van der Waals surface area contributed by atoms with Crippen LogP contribution in [-0.2, 0) is 27.3 Å². The molecular formula is C26H33N5O4. The number of nitriles is 1. The van der Waals surface area contributed by atoms with Crippen molar-refractivity contribution >= 4 is 11.7 Å². The Labute approximate surface area is 206 Å². The molecule has 9 heteroatoms. The Morgan fingerprint density at radius 3 is 2.80 bits per heavy atom. The van der Waals surface area contributed by atoms with E-state index in [0.717, 1.165) is 49.4 Å². The Morgan fingerprint density at radius 2 is 2.11 bits per heavy atom. The summed E-state index contributed by atoms with van der Waals surface area (Å²) in [4.78, 5) is 21.7. The van der Waals surface area contributed by atoms with Gasteiger partial charge in [-0.2, -0.15) is 5.26 Å². The van der Waals surface area contributed by atoms with Crippen molar-refractivity contribution in [3.05, 3.63) is 35.1 Å². The van der Waals surface area contributed by atoms with Gasteiger partial charge in [0.1, 0.15) is 17.6 Å². The molecule has 1 N–H and O–H groups in total. The van der Waals surface area contributed by atoms with E-state index >= 15 is 0 Å². The summed E-state index contributed by atoms with van der Waals surface area (Å²) >= 11 is 0. The molecule has 0 bridgehead atoms. The molecule has 5 heterocycles. The molecule has 186 valence electrons. The van der Waals surface area contributed by atoms with Gasteiger partial charge in [0.25, 0.3) is 0 Å². The minimum absolute atomic E-state index is 0.0286. The van der Waals surface area contributed by atoms with Gasteiger partial charge in [0.15, 0.2) is 5.76 Å². The smallest absolute Gasteiger partial charge is 0.234 e. The summed E-state index contributed by atoms with van der Waals surface area (Å²) in [5, 5.41) is 13.2. The zero-order valence-electron chi connectivity index (χ0n) is 20.5. The molecule has 5 rings (SSSR count). The minimum Gasteiger partial charge on any atom is -0.463 e. The maximum absolute atomic E-state index is 12.4. The lowest BCUT2D eigenvalue weighted by Gasteiger charge is -2.38. The van der Waals surface area contributed by atoms with Crippen molar-refractivity contribution in [2.24, 2.45) is 0 Å². The van der Waals surface area contributed by atoms with E-state index in [0.29, 0.717) is 56.3 Å². The van der Waals surface area contributed by atoms with Crippen molar-refractivity contribution < 1.29 is 18.7 Å². The van der Waals surface area contributed by atoms with Crippen LogP contribution < -0.4 is 10.2 Å². The van der Waals surface area contributed by atoms with Gasteiger partial charge >= 0.3 is 0 Å². The second-order valence-electron chi connectivity index (χ2n) is 10.1. The Morgan fingerprint density at radius 1 is 1.29 bits per heavy atom. The van der Waals surface area contributed by atoms with Crippen LogP contribution in [0.2, 0.25) is 0 Å². The molecule has 0 radical (unpaired) electrons. The van der Waals surface area contributed by atoms with Gasteiger partial charge in [-0.15, -0.1) is 0 Å². The van der Waals surface area contributed by atoms with E-state index in [9.17, 15) is 10.1 Å². The molecule has 0 saturated carbocycles. The highest BCUT2D eigenvalue weighted by atomic mass is 16.5. The second kappa shape index (κ2) is 9.97. The summed E-state index contributed by atoms with van der Waals surface area (Å²) in [7, 11) is 0. The maximum Gasteiger partial charge on any atom is 0.234 e. The molecule has 0 aliphatic carbocycles. The summed E-state index contributed by atoms with van der Waals surface area (Å²) in [6.45, 7) is 9.06. The van der Waals surface area contributed by atoms with E-state index in [2.05, 4.69) is 21.2 Å². The number of amides is 1. The fourth-order valence-electron chi connectivity index (χ4n) is 5.13. The molecule has 0 spiro atoms. The molecule has 2 aromatic rings. The number of pyridine rings is 1. The summed E-state index contributed by atoms with van der Waals surface area (Å²) in [5.41, 5.74) is 2.94. The summed E-state index contributed by atoms with van der Waals surface area (Å²) in [5.74, 6) is 1.40. The van der Waals surface area contributed by atoms with Crippen molar-refractivity contribution in [1.29, 1.82) is 5.26 Å². The van der Waals surface area contributed by atoms with Crippen LogP contribution in [-0.4, -0.2) is 73.4 Å². The predicted octanol–water partition coefficient (Wildman–Crippen LogP) is 2.48. The average molecular weight is 480 g/mol. The van der Waals surface area contributed by atoms with Gasteiger partial charge in [0.2, 0.25) is 5.91 Å². The third-order valence-corrected chi connectivity index (χ3v) is 7.06. The average Bonchev–Trinajstić information content (AvgIpc) is 3.56. The molecule has 2 saturated heterocycles. The molecule has 3 aliphatic rings. The minimum atomic E-state index is -0.354. The van der Waals surface area contributed by atoms with Crippen LogP contribution in [0.4, 0.5) is 5.82 Å². The number of hydrogen-bond acceptors (Lipinski definition) is 8. The predicted molar refractivity (Wildman–Crippen MR) is 130 cm³/mol. The standard InChI is InChI=1S/C26H33N5O4/c1-26(2)13-19-20(14-27)25(29-24(21(19)17-35-26)22-6-4-12-34-22)31-9-7-30(8-10-31)16-23(32)28-15-18-5-3-11-33-18/h4,6,12,18H,3,5,7-11,13,15-17H2,1-2H3,(H,28,32)/t18-/m0/s1. The summed E-state index contributed by atoms with van der Waals surface area (Å²) in [6, 6.07) is 6.18. The van der Waals surface area contributed by atoms with E-state index in [4.69, 9.17) is 18.9 Å². The largest absolute Gasteiger partial charge is 0.463 e. The summed E-state index contributed by atoms with van der Waals surface area (Å²) in [6.07, 6.45) is 4.50. The van der Waals surface area contributed by atoms with Gasteiger partial charge in [-0.05, 0) is 44.4 Å². The quantitative estimate of drug-likeness (QED) is 0.674. The number of ether oxygens (including phenoxy) is 2. The zero-order valence-corrected chi connectivity index (χ0v) is 20.5. The van der Waals surface area contributed by atoms with Gasteiger partial charge in [0.05, 0.1) is 36.7 Å². The second-order valence-corrected chi connectivity index (χ2v) is 10.1. The SMILES string of the molecule is CC1(C)Cc2c(C#N)c(N3CCN(CC(=O)NC[C@@H]4CCCO4)CC3)nc(-c3ccco3)c2CO1. The number of nitrogens with one attached hydrogen (secondary N) is 1. The highest BCUT2D eigenvalue weighted by Crippen LogP contribution is 2.39. The lowest BCUT2D eigenvalue weighted by atomic mass is 9.87. The summed E-state index contributed by atoms with van der Waals surface area (Å²) < 4.78 is 17.3. The van der Waals surface area contributed by atoms with E-state index in [1.807, 2.05) is 26.0 Å². The number of piperazine rings is 1. The Bertz CT molecular complexity index is 1090. The first kappa shape index (κ1) is 23.8. The number of hydrogen-bond donors (Lipinski definition) is 1. The number of furan rings is 1. The molecule has 1 amide bonds. The highest BCUT2D eigenvalue weighted by molar-refractivity contribution is 5.78. The monoisotopic (exact) mass is 479 g/mol. The number of rotatable bonds is 6. The fourth-order valence-corrected chi connectivity index (χ4v) is 5.13.